The first-order chi connectivity index (χ1) is 7.35. The highest BCUT2D eigenvalue weighted by Gasteiger charge is 2.35. The molecule has 4 nitrogen and oxygen atoms in total. The topological polar surface area (TPSA) is 49.4 Å². The molecule has 0 aliphatic heterocycles. The average Bonchev–Trinajstić information content (AvgIpc) is 2.14. The van der Waals surface area contributed by atoms with Crippen LogP contribution in [0.15, 0.2) is 0 Å². The summed E-state index contributed by atoms with van der Waals surface area (Å²) in [5, 5.41) is 3.33. The smallest absolute Gasteiger partial charge is 0.225 e. The number of nitrogens with one attached hydrogen (secondary N) is 1. The number of aldehydes is 1. The highest BCUT2D eigenvalue weighted by molar-refractivity contribution is 5.79. The fraction of sp³-hybridized carbons (Fsp3) is 0.833. The Labute approximate surface area is 97.4 Å². The van der Waals surface area contributed by atoms with Crippen molar-refractivity contribution < 1.29 is 9.59 Å². The maximum atomic E-state index is 11.6. The first-order valence-corrected chi connectivity index (χ1v) is 5.76. The summed E-state index contributed by atoms with van der Waals surface area (Å²) in [6.45, 7) is 4.51. The molecule has 0 aromatic rings. The molecule has 4 heteroatoms. The largest absolute Gasteiger partial charge is 0.349 e. The van der Waals surface area contributed by atoms with Crippen molar-refractivity contribution in [2.24, 2.45) is 11.3 Å². The van der Waals surface area contributed by atoms with E-state index < -0.39 is 0 Å². The molecule has 92 valence electrons. The van der Waals surface area contributed by atoms with Gasteiger partial charge in [0.1, 0.15) is 6.29 Å². The Morgan fingerprint density at radius 1 is 1.44 bits per heavy atom. The zero-order valence-electron chi connectivity index (χ0n) is 10.6. The second-order valence-electron chi connectivity index (χ2n) is 5.59. The van der Waals surface area contributed by atoms with Crippen molar-refractivity contribution >= 4 is 12.2 Å². The van der Waals surface area contributed by atoms with Crippen LogP contribution in [0.4, 0.5) is 0 Å². The minimum Gasteiger partial charge on any atom is -0.349 e. The van der Waals surface area contributed by atoms with Gasteiger partial charge in [0.05, 0.1) is 0 Å². The fourth-order valence-corrected chi connectivity index (χ4v) is 1.80. The van der Waals surface area contributed by atoms with Crippen LogP contribution in [0.1, 0.15) is 26.7 Å². The molecule has 1 amide bonds. The van der Waals surface area contributed by atoms with E-state index in [1.807, 2.05) is 13.8 Å². The van der Waals surface area contributed by atoms with E-state index >= 15 is 0 Å². The highest BCUT2D eigenvalue weighted by atomic mass is 16.2. The van der Waals surface area contributed by atoms with E-state index in [4.69, 9.17) is 0 Å². The van der Waals surface area contributed by atoms with Gasteiger partial charge in [-0.15, -0.1) is 0 Å². The summed E-state index contributed by atoms with van der Waals surface area (Å²) in [5.74, 6) is 0.388. The summed E-state index contributed by atoms with van der Waals surface area (Å²) in [6, 6.07) is 0.396. The van der Waals surface area contributed by atoms with Crippen LogP contribution in [0, 0.1) is 11.3 Å². The van der Waals surface area contributed by atoms with Gasteiger partial charge < -0.3 is 15.0 Å². The predicted octanol–water partition coefficient (Wildman–Crippen LogP) is 0.668. The fourth-order valence-electron chi connectivity index (χ4n) is 1.80. The van der Waals surface area contributed by atoms with Crippen molar-refractivity contribution in [1.29, 1.82) is 0 Å². The molecule has 0 bridgehead atoms. The van der Waals surface area contributed by atoms with Gasteiger partial charge in [-0.2, -0.15) is 0 Å². The van der Waals surface area contributed by atoms with Gasteiger partial charge in [-0.3, -0.25) is 4.79 Å². The molecule has 1 rings (SSSR count). The Balaban J connectivity index is 2.22. The molecule has 0 radical (unpaired) electrons. The zero-order chi connectivity index (χ0) is 12.3. The van der Waals surface area contributed by atoms with Crippen LogP contribution in [-0.2, 0) is 9.59 Å². The Morgan fingerprint density at radius 2 is 2.00 bits per heavy atom. The molecule has 16 heavy (non-hydrogen) atoms. The maximum absolute atomic E-state index is 11.6. The van der Waals surface area contributed by atoms with E-state index in [0.29, 0.717) is 12.6 Å². The lowest BCUT2D eigenvalue weighted by Gasteiger charge is -2.37. The molecule has 0 aromatic heterocycles. The van der Waals surface area contributed by atoms with Gasteiger partial charge >= 0.3 is 0 Å². The Kier molecular flexibility index (Phi) is 4.08. The second-order valence-corrected chi connectivity index (χ2v) is 5.59. The lowest BCUT2D eigenvalue weighted by atomic mass is 9.79. The number of carbonyl (C=O) groups is 2. The third-order valence-corrected chi connectivity index (χ3v) is 3.09. The molecular formula is C12H22N2O2. The standard InChI is InChI=1S/C12H22N2O2/c1-12(2,8-15)7-13-10-5-9(6-10)11(16)14(3)4/h8-10,13H,5-7H2,1-4H3. The highest BCUT2D eigenvalue weighted by Crippen LogP contribution is 2.29. The number of hydrogen-bond acceptors (Lipinski definition) is 3. The molecule has 0 unspecified atom stereocenters. The molecule has 0 spiro atoms. The molecule has 1 aliphatic carbocycles. The second kappa shape index (κ2) is 4.95. The van der Waals surface area contributed by atoms with E-state index in [1.54, 1.807) is 19.0 Å². The van der Waals surface area contributed by atoms with E-state index in [1.165, 1.54) is 0 Å². The molecular weight excluding hydrogens is 204 g/mol. The molecule has 0 atom stereocenters. The Morgan fingerprint density at radius 3 is 2.44 bits per heavy atom. The van der Waals surface area contributed by atoms with Crippen molar-refractivity contribution in [3.63, 3.8) is 0 Å². The molecule has 0 aromatic carbocycles. The summed E-state index contributed by atoms with van der Waals surface area (Å²) >= 11 is 0. The number of hydrogen-bond donors (Lipinski definition) is 1. The molecule has 0 heterocycles. The number of rotatable bonds is 5. The van der Waals surface area contributed by atoms with E-state index in [9.17, 15) is 9.59 Å². The van der Waals surface area contributed by atoms with Crippen LogP contribution < -0.4 is 5.32 Å². The first-order valence-electron chi connectivity index (χ1n) is 5.76. The van der Waals surface area contributed by atoms with Gasteiger partial charge in [-0.05, 0) is 12.8 Å². The quantitative estimate of drug-likeness (QED) is 0.701. The number of carbonyl (C=O) groups excluding carboxylic acids is 2. The van der Waals surface area contributed by atoms with Gasteiger partial charge in [0, 0.05) is 38.0 Å². The van der Waals surface area contributed by atoms with Crippen molar-refractivity contribution in [1.82, 2.24) is 10.2 Å². The monoisotopic (exact) mass is 226 g/mol. The number of nitrogens with zero attached hydrogens (tertiary/aromatic N) is 1. The van der Waals surface area contributed by atoms with Gasteiger partial charge in [0.15, 0.2) is 0 Å². The summed E-state index contributed by atoms with van der Waals surface area (Å²) in [7, 11) is 3.58. The van der Waals surface area contributed by atoms with E-state index in [0.717, 1.165) is 19.1 Å². The van der Waals surface area contributed by atoms with Crippen molar-refractivity contribution in [2.45, 2.75) is 32.7 Å². The van der Waals surface area contributed by atoms with Crippen LogP contribution >= 0.6 is 0 Å². The summed E-state index contributed by atoms with van der Waals surface area (Å²) in [5.41, 5.74) is -0.309. The van der Waals surface area contributed by atoms with Gasteiger partial charge in [0.2, 0.25) is 5.91 Å². The van der Waals surface area contributed by atoms with Crippen LogP contribution in [0.3, 0.4) is 0 Å². The van der Waals surface area contributed by atoms with Crippen molar-refractivity contribution in [2.75, 3.05) is 20.6 Å². The summed E-state index contributed by atoms with van der Waals surface area (Å²) in [4.78, 5) is 23.9. The minimum absolute atomic E-state index is 0.173. The maximum Gasteiger partial charge on any atom is 0.225 e. The molecule has 0 saturated heterocycles. The van der Waals surface area contributed by atoms with E-state index in [-0.39, 0.29) is 17.2 Å². The Bertz CT molecular complexity index is 268. The van der Waals surface area contributed by atoms with Gasteiger partial charge in [0.25, 0.3) is 0 Å². The SMILES string of the molecule is CN(C)C(=O)C1CC(NCC(C)(C)C=O)C1. The zero-order valence-corrected chi connectivity index (χ0v) is 10.6. The third-order valence-electron chi connectivity index (χ3n) is 3.09. The molecule has 1 aliphatic rings. The van der Waals surface area contributed by atoms with Crippen LogP contribution in [0.2, 0.25) is 0 Å². The minimum atomic E-state index is -0.309. The molecule has 1 saturated carbocycles. The first kappa shape index (κ1) is 13.2. The molecule has 1 fully saturated rings. The van der Waals surface area contributed by atoms with E-state index in [2.05, 4.69) is 5.32 Å². The Hall–Kier alpha value is -0.900. The van der Waals surface area contributed by atoms with Gasteiger partial charge in [-0.25, -0.2) is 0 Å². The lowest BCUT2D eigenvalue weighted by Crippen LogP contribution is -2.49. The third kappa shape index (κ3) is 3.30. The average molecular weight is 226 g/mol. The van der Waals surface area contributed by atoms with Gasteiger partial charge in [-0.1, -0.05) is 13.8 Å². The van der Waals surface area contributed by atoms with Crippen molar-refractivity contribution in [3.05, 3.63) is 0 Å². The summed E-state index contributed by atoms with van der Waals surface area (Å²) < 4.78 is 0. The van der Waals surface area contributed by atoms with Crippen LogP contribution in [-0.4, -0.2) is 43.8 Å². The lowest BCUT2D eigenvalue weighted by molar-refractivity contribution is -0.136. The predicted molar refractivity (Wildman–Crippen MR) is 63.1 cm³/mol. The van der Waals surface area contributed by atoms with Crippen molar-refractivity contribution in [3.8, 4) is 0 Å². The summed E-state index contributed by atoms with van der Waals surface area (Å²) in [6.07, 6.45) is 2.76. The number of amides is 1. The molecule has 1 N–H and O–H groups in total. The normalized spacial score (nSPS) is 24.8. The van der Waals surface area contributed by atoms with Crippen LogP contribution in [0.5, 0.6) is 0 Å². The van der Waals surface area contributed by atoms with Crippen LogP contribution in [0.25, 0.3) is 0 Å².